The average Bonchev–Trinajstić information content (AvgIpc) is 2.91. The summed E-state index contributed by atoms with van der Waals surface area (Å²) in [5.74, 6) is -0.766. The van der Waals surface area contributed by atoms with Gasteiger partial charge in [-0.3, -0.25) is 9.78 Å². The van der Waals surface area contributed by atoms with E-state index < -0.39 is 5.97 Å². The molecule has 2 aromatic heterocycles. The van der Waals surface area contributed by atoms with Crippen molar-refractivity contribution >= 4 is 17.3 Å². The van der Waals surface area contributed by atoms with E-state index in [1.54, 1.807) is 11.3 Å². The number of aromatic nitrogens is 1. The Labute approximate surface area is 116 Å². The molecule has 5 heteroatoms. The van der Waals surface area contributed by atoms with Gasteiger partial charge in [0.05, 0.1) is 12.1 Å². The second-order valence-electron chi connectivity index (χ2n) is 4.45. The van der Waals surface area contributed by atoms with Gasteiger partial charge in [-0.1, -0.05) is 6.07 Å². The van der Waals surface area contributed by atoms with Gasteiger partial charge >= 0.3 is 5.97 Å². The zero-order valence-electron chi connectivity index (χ0n) is 10.7. The summed E-state index contributed by atoms with van der Waals surface area (Å²) in [7, 11) is 1.91. The molecule has 4 nitrogen and oxygen atoms in total. The number of rotatable bonds is 6. The highest BCUT2D eigenvalue weighted by atomic mass is 32.1. The van der Waals surface area contributed by atoms with Gasteiger partial charge in [-0.15, -0.1) is 0 Å². The lowest BCUT2D eigenvalue weighted by molar-refractivity contribution is -0.137. The Kier molecular flexibility index (Phi) is 4.65. The van der Waals surface area contributed by atoms with Gasteiger partial charge in [0.2, 0.25) is 0 Å². The molecule has 2 aromatic rings. The molecule has 0 aliphatic heterocycles. The maximum Gasteiger partial charge on any atom is 0.304 e. The normalized spacial score (nSPS) is 10.8. The molecular weight excluding hydrogens is 260 g/mol. The summed E-state index contributed by atoms with van der Waals surface area (Å²) >= 11 is 1.65. The second kappa shape index (κ2) is 6.45. The molecule has 0 atom stereocenters. The minimum Gasteiger partial charge on any atom is -0.481 e. The molecule has 1 N–H and O–H groups in total. The van der Waals surface area contributed by atoms with Gasteiger partial charge in [0, 0.05) is 30.2 Å². The van der Waals surface area contributed by atoms with Crippen molar-refractivity contribution in [2.45, 2.75) is 13.0 Å². The Bertz CT molecular complexity index is 523. The van der Waals surface area contributed by atoms with Crippen molar-refractivity contribution in [2.75, 3.05) is 13.6 Å². The van der Waals surface area contributed by atoms with Crippen molar-refractivity contribution in [1.82, 2.24) is 9.88 Å². The van der Waals surface area contributed by atoms with E-state index in [4.69, 9.17) is 5.11 Å². The molecule has 100 valence electrons. The minimum atomic E-state index is -0.766. The molecule has 0 saturated carbocycles. The quantitative estimate of drug-likeness (QED) is 0.881. The van der Waals surface area contributed by atoms with E-state index in [9.17, 15) is 4.79 Å². The molecular formula is C14H16N2O2S. The Morgan fingerprint density at radius 1 is 1.42 bits per heavy atom. The second-order valence-corrected chi connectivity index (χ2v) is 5.23. The van der Waals surface area contributed by atoms with Gasteiger partial charge in [-0.05, 0) is 30.1 Å². The topological polar surface area (TPSA) is 53.4 Å². The molecule has 0 unspecified atom stereocenters. The van der Waals surface area contributed by atoms with E-state index in [2.05, 4.69) is 10.4 Å². The SMILES string of the molecule is CN(CCC(=O)O)Cc1ccc(-c2ccsc2)nc1. The molecule has 0 amide bonds. The first-order valence-corrected chi connectivity index (χ1v) is 6.97. The highest BCUT2D eigenvalue weighted by Gasteiger charge is 2.05. The van der Waals surface area contributed by atoms with Crippen LogP contribution in [0.4, 0.5) is 0 Å². The van der Waals surface area contributed by atoms with Crippen LogP contribution in [0.2, 0.25) is 0 Å². The number of thiophene rings is 1. The predicted molar refractivity (Wildman–Crippen MR) is 76.1 cm³/mol. The smallest absolute Gasteiger partial charge is 0.304 e. The third-order valence-corrected chi connectivity index (χ3v) is 3.48. The zero-order chi connectivity index (χ0) is 13.7. The number of carboxylic acid groups (broad SMARTS) is 1. The van der Waals surface area contributed by atoms with Crippen LogP contribution in [0.15, 0.2) is 35.2 Å². The number of pyridine rings is 1. The van der Waals surface area contributed by atoms with Crippen molar-refractivity contribution < 1.29 is 9.90 Å². The first-order chi connectivity index (χ1) is 9.15. The van der Waals surface area contributed by atoms with Crippen LogP contribution in [0.3, 0.4) is 0 Å². The maximum atomic E-state index is 10.5. The summed E-state index contributed by atoms with van der Waals surface area (Å²) in [5, 5.41) is 12.7. The molecule has 0 radical (unpaired) electrons. The number of hydrogen-bond acceptors (Lipinski definition) is 4. The molecule has 0 aliphatic rings. The molecule has 0 aromatic carbocycles. The molecule has 2 heterocycles. The highest BCUT2D eigenvalue weighted by molar-refractivity contribution is 7.08. The number of nitrogens with zero attached hydrogens (tertiary/aromatic N) is 2. The van der Waals surface area contributed by atoms with Gasteiger partial charge in [0.25, 0.3) is 0 Å². The highest BCUT2D eigenvalue weighted by Crippen LogP contribution is 2.20. The third-order valence-electron chi connectivity index (χ3n) is 2.80. The van der Waals surface area contributed by atoms with Crippen LogP contribution in [-0.4, -0.2) is 34.6 Å². The van der Waals surface area contributed by atoms with Crippen LogP contribution in [-0.2, 0) is 11.3 Å². The Balaban J connectivity index is 1.93. The monoisotopic (exact) mass is 276 g/mol. The lowest BCUT2D eigenvalue weighted by Crippen LogP contribution is -2.21. The fraction of sp³-hybridized carbons (Fsp3) is 0.286. The third kappa shape index (κ3) is 4.15. The van der Waals surface area contributed by atoms with Crippen molar-refractivity contribution in [1.29, 1.82) is 0 Å². The summed E-state index contributed by atoms with van der Waals surface area (Å²) in [6.07, 6.45) is 2.02. The van der Waals surface area contributed by atoms with E-state index in [0.29, 0.717) is 13.1 Å². The summed E-state index contributed by atoms with van der Waals surface area (Å²) < 4.78 is 0. The van der Waals surface area contributed by atoms with Crippen molar-refractivity contribution in [2.24, 2.45) is 0 Å². The number of hydrogen-bond donors (Lipinski definition) is 1. The maximum absolute atomic E-state index is 10.5. The molecule has 0 saturated heterocycles. The van der Waals surface area contributed by atoms with Crippen LogP contribution < -0.4 is 0 Å². The fourth-order valence-corrected chi connectivity index (χ4v) is 2.43. The number of aliphatic carboxylic acids is 1. The van der Waals surface area contributed by atoms with E-state index in [0.717, 1.165) is 16.8 Å². The molecule has 0 bridgehead atoms. The minimum absolute atomic E-state index is 0.164. The molecule has 0 spiro atoms. The van der Waals surface area contributed by atoms with E-state index in [-0.39, 0.29) is 6.42 Å². The Morgan fingerprint density at radius 2 is 2.26 bits per heavy atom. The van der Waals surface area contributed by atoms with E-state index in [1.807, 2.05) is 41.7 Å². The van der Waals surface area contributed by atoms with Crippen LogP contribution in [0.5, 0.6) is 0 Å². The van der Waals surface area contributed by atoms with Crippen LogP contribution in [0.1, 0.15) is 12.0 Å². The molecule has 0 fully saturated rings. The largest absolute Gasteiger partial charge is 0.481 e. The Morgan fingerprint density at radius 3 is 2.84 bits per heavy atom. The molecule has 2 rings (SSSR count). The summed E-state index contributed by atoms with van der Waals surface area (Å²) in [4.78, 5) is 16.9. The van der Waals surface area contributed by atoms with Crippen molar-refractivity contribution in [3.8, 4) is 11.3 Å². The van der Waals surface area contributed by atoms with Gasteiger partial charge < -0.3 is 10.0 Å². The standard InChI is InChI=1S/C14H16N2O2S/c1-16(6-4-14(17)18)9-11-2-3-13(15-8-11)12-5-7-19-10-12/h2-3,5,7-8,10H,4,6,9H2,1H3,(H,17,18). The lowest BCUT2D eigenvalue weighted by Gasteiger charge is -2.15. The fourth-order valence-electron chi connectivity index (χ4n) is 1.78. The van der Waals surface area contributed by atoms with Gasteiger partial charge in [-0.25, -0.2) is 0 Å². The first-order valence-electron chi connectivity index (χ1n) is 6.03. The van der Waals surface area contributed by atoms with Crippen LogP contribution in [0, 0.1) is 0 Å². The first kappa shape index (κ1) is 13.7. The summed E-state index contributed by atoms with van der Waals surface area (Å²) in [6.45, 7) is 1.26. The molecule has 0 aliphatic carbocycles. The molecule has 19 heavy (non-hydrogen) atoms. The zero-order valence-corrected chi connectivity index (χ0v) is 11.6. The van der Waals surface area contributed by atoms with Crippen LogP contribution in [0.25, 0.3) is 11.3 Å². The van der Waals surface area contributed by atoms with Crippen molar-refractivity contribution in [3.05, 3.63) is 40.7 Å². The summed E-state index contributed by atoms with van der Waals surface area (Å²) in [5.41, 5.74) is 3.20. The van der Waals surface area contributed by atoms with Gasteiger partial charge in [-0.2, -0.15) is 11.3 Å². The lowest BCUT2D eigenvalue weighted by atomic mass is 10.2. The van der Waals surface area contributed by atoms with E-state index >= 15 is 0 Å². The van der Waals surface area contributed by atoms with Crippen LogP contribution >= 0.6 is 11.3 Å². The number of carbonyl (C=O) groups is 1. The summed E-state index contributed by atoms with van der Waals surface area (Å²) in [6, 6.07) is 6.09. The van der Waals surface area contributed by atoms with Gasteiger partial charge in [0.15, 0.2) is 0 Å². The number of carboxylic acids is 1. The van der Waals surface area contributed by atoms with Gasteiger partial charge in [0.1, 0.15) is 0 Å². The Hall–Kier alpha value is -1.72. The van der Waals surface area contributed by atoms with E-state index in [1.165, 1.54) is 0 Å². The average molecular weight is 276 g/mol. The van der Waals surface area contributed by atoms with Crippen molar-refractivity contribution in [3.63, 3.8) is 0 Å². The predicted octanol–water partition coefficient (Wildman–Crippen LogP) is 2.72.